The van der Waals surface area contributed by atoms with Crippen LogP contribution in [-0.2, 0) is 9.59 Å². The first-order valence-electron chi connectivity index (χ1n) is 3.35. The number of rotatable bonds is 2. The Balaban J connectivity index is 0. The summed E-state index contributed by atoms with van der Waals surface area (Å²) in [5.41, 5.74) is 4.78. The summed E-state index contributed by atoms with van der Waals surface area (Å²) in [6.45, 7) is 4.45. The maximum Gasteiger partial charge on any atom is 0.305 e. The highest BCUT2D eigenvalue weighted by Gasteiger charge is 2.14. The zero-order valence-corrected chi connectivity index (χ0v) is 7.50. The molecule has 0 aliphatic rings. The van der Waals surface area contributed by atoms with Gasteiger partial charge in [0, 0.05) is 12.5 Å². The van der Waals surface area contributed by atoms with E-state index in [2.05, 4.69) is 0 Å². The first-order valence-corrected chi connectivity index (χ1v) is 3.35. The normalized spacial score (nSPS) is 9.67. The number of carboxylic acid groups (broad SMARTS) is 2. The zero-order valence-electron chi connectivity index (χ0n) is 7.50. The molecule has 0 amide bonds. The van der Waals surface area contributed by atoms with Crippen molar-refractivity contribution in [2.75, 3.05) is 0 Å². The lowest BCUT2D eigenvalue weighted by Gasteiger charge is -2.13. The molecule has 0 saturated carbocycles. The average molecular weight is 177 g/mol. The fourth-order valence-corrected chi connectivity index (χ4v) is 0.390. The van der Waals surface area contributed by atoms with E-state index in [4.69, 9.17) is 20.7 Å². The third kappa shape index (κ3) is 36.5. The Bertz CT molecular complexity index is 155. The monoisotopic (exact) mass is 177 g/mol. The van der Waals surface area contributed by atoms with E-state index in [1.54, 1.807) is 13.8 Å². The molecule has 0 aliphatic carbocycles. The Morgan fingerprint density at radius 3 is 1.58 bits per heavy atom. The third-order valence-electron chi connectivity index (χ3n) is 0.607. The lowest BCUT2D eigenvalue weighted by molar-refractivity contribution is -0.138. The molecule has 0 aromatic carbocycles. The Morgan fingerprint density at radius 2 is 1.58 bits per heavy atom. The number of nitrogens with two attached hydrogens (primary N) is 1. The topological polar surface area (TPSA) is 101 Å². The van der Waals surface area contributed by atoms with Crippen molar-refractivity contribution < 1.29 is 19.8 Å². The maximum atomic E-state index is 9.93. The van der Waals surface area contributed by atoms with E-state index in [9.17, 15) is 4.79 Å². The molecule has 0 aliphatic heterocycles. The van der Waals surface area contributed by atoms with Gasteiger partial charge in [-0.15, -0.1) is 0 Å². The molecule has 72 valence electrons. The van der Waals surface area contributed by atoms with Crippen molar-refractivity contribution in [2.45, 2.75) is 32.7 Å². The van der Waals surface area contributed by atoms with Crippen molar-refractivity contribution in [3.05, 3.63) is 0 Å². The van der Waals surface area contributed by atoms with Gasteiger partial charge >= 0.3 is 5.97 Å². The summed E-state index contributed by atoms with van der Waals surface area (Å²) < 4.78 is 0. The van der Waals surface area contributed by atoms with E-state index in [1.807, 2.05) is 0 Å². The average Bonchev–Trinajstić information content (AvgIpc) is 1.52. The number of carboxylic acids is 2. The van der Waals surface area contributed by atoms with Crippen LogP contribution in [0.4, 0.5) is 0 Å². The lowest BCUT2D eigenvalue weighted by Crippen LogP contribution is -2.34. The van der Waals surface area contributed by atoms with Crippen LogP contribution < -0.4 is 5.73 Å². The lowest BCUT2D eigenvalue weighted by atomic mass is 10.0. The van der Waals surface area contributed by atoms with Crippen LogP contribution in [0.1, 0.15) is 27.2 Å². The number of carbonyl (C=O) groups is 2. The van der Waals surface area contributed by atoms with Gasteiger partial charge in [-0.25, -0.2) is 0 Å². The molecule has 0 rings (SSSR count). The molecule has 0 radical (unpaired) electrons. The smallest absolute Gasteiger partial charge is 0.305 e. The number of hydrogen-bond donors (Lipinski definition) is 3. The molecule has 0 aromatic rings. The molecule has 12 heavy (non-hydrogen) atoms. The molecule has 0 spiro atoms. The highest BCUT2D eigenvalue weighted by molar-refractivity contribution is 5.68. The van der Waals surface area contributed by atoms with Gasteiger partial charge in [0.25, 0.3) is 5.97 Å². The molecule has 0 aromatic heterocycles. The summed E-state index contributed by atoms with van der Waals surface area (Å²) in [6, 6.07) is 0. The van der Waals surface area contributed by atoms with E-state index in [0.717, 1.165) is 6.92 Å². The van der Waals surface area contributed by atoms with Crippen LogP contribution in [0.25, 0.3) is 0 Å². The van der Waals surface area contributed by atoms with Crippen LogP contribution >= 0.6 is 0 Å². The summed E-state index contributed by atoms with van der Waals surface area (Å²) in [5, 5.41) is 15.6. The summed E-state index contributed by atoms with van der Waals surface area (Å²) in [6.07, 6.45) is 0.0208. The van der Waals surface area contributed by atoms with Crippen molar-refractivity contribution >= 4 is 11.9 Å². The van der Waals surface area contributed by atoms with Crippen molar-refractivity contribution in [1.82, 2.24) is 0 Å². The first-order chi connectivity index (χ1) is 5.15. The van der Waals surface area contributed by atoms with E-state index in [0.29, 0.717) is 0 Å². The molecule has 5 heteroatoms. The van der Waals surface area contributed by atoms with Gasteiger partial charge in [0.2, 0.25) is 0 Å². The van der Waals surface area contributed by atoms with Crippen molar-refractivity contribution in [3.63, 3.8) is 0 Å². The van der Waals surface area contributed by atoms with Crippen LogP contribution in [0, 0.1) is 0 Å². The second-order valence-electron chi connectivity index (χ2n) is 3.08. The van der Waals surface area contributed by atoms with Gasteiger partial charge in [-0.1, -0.05) is 0 Å². The maximum absolute atomic E-state index is 9.93. The molecule has 0 heterocycles. The van der Waals surface area contributed by atoms with E-state index >= 15 is 0 Å². The highest BCUT2D eigenvalue weighted by atomic mass is 16.4. The minimum atomic E-state index is -0.850. The largest absolute Gasteiger partial charge is 0.481 e. The van der Waals surface area contributed by atoms with Gasteiger partial charge in [0.1, 0.15) is 0 Å². The van der Waals surface area contributed by atoms with E-state index in [1.165, 1.54) is 0 Å². The summed E-state index contributed by atoms with van der Waals surface area (Å²) in [5.74, 6) is -1.68. The third-order valence-corrected chi connectivity index (χ3v) is 0.607. The molecular weight excluding hydrogens is 162 g/mol. The van der Waals surface area contributed by atoms with Crippen LogP contribution in [0.2, 0.25) is 0 Å². The van der Waals surface area contributed by atoms with Crippen LogP contribution in [-0.4, -0.2) is 27.7 Å². The van der Waals surface area contributed by atoms with Crippen LogP contribution in [0.15, 0.2) is 0 Å². The fourth-order valence-electron chi connectivity index (χ4n) is 0.390. The number of hydrogen-bond acceptors (Lipinski definition) is 3. The molecule has 4 N–H and O–H groups in total. The molecule has 0 atom stereocenters. The highest BCUT2D eigenvalue weighted by Crippen LogP contribution is 2.01. The Morgan fingerprint density at radius 1 is 1.33 bits per heavy atom. The standard InChI is InChI=1S/C5H11NO2.C2H4O2/c1-5(2,6)3-4(7)8;1-2(3)4/h3,6H2,1-2H3,(H,7,8);1H3,(H,3,4). The predicted molar refractivity (Wildman–Crippen MR) is 43.8 cm³/mol. The first kappa shape index (κ1) is 13.5. The zero-order chi connectivity index (χ0) is 10.4. The van der Waals surface area contributed by atoms with E-state index in [-0.39, 0.29) is 6.42 Å². The van der Waals surface area contributed by atoms with Crippen molar-refractivity contribution in [2.24, 2.45) is 5.73 Å². The molecule has 5 nitrogen and oxygen atoms in total. The van der Waals surface area contributed by atoms with Gasteiger partial charge in [0.05, 0.1) is 6.42 Å². The quantitative estimate of drug-likeness (QED) is 0.562. The minimum absolute atomic E-state index is 0.0208. The van der Waals surface area contributed by atoms with Gasteiger partial charge in [0.15, 0.2) is 0 Å². The Hall–Kier alpha value is -1.10. The van der Waals surface area contributed by atoms with Crippen molar-refractivity contribution in [3.8, 4) is 0 Å². The van der Waals surface area contributed by atoms with Gasteiger partial charge < -0.3 is 15.9 Å². The SMILES string of the molecule is CC(=O)O.CC(C)(N)CC(=O)O. The van der Waals surface area contributed by atoms with Crippen LogP contribution in [0.5, 0.6) is 0 Å². The number of aliphatic carboxylic acids is 2. The Labute approximate surface area is 71.2 Å². The van der Waals surface area contributed by atoms with Gasteiger partial charge in [-0.3, -0.25) is 9.59 Å². The molecule has 0 fully saturated rings. The molecular formula is C7H15NO4. The second-order valence-corrected chi connectivity index (χ2v) is 3.08. The molecule has 0 saturated heterocycles. The van der Waals surface area contributed by atoms with Gasteiger partial charge in [-0.2, -0.15) is 0 Å². The van der Waals surface area contributed by atoms with Crippen LogP contribution in [0.3, 0.4) is 0 Å². The van der Waals surface area contributed by atoms with E-state index < -0.39 is 17.5 Å². The minimum Gasteiger partial charge on any atom is -0.481 e. The predicted octanol–water partition coefficient (Wildman–Crippen LogP) is 0.289. The van der Waals surface area contributed by atoms with Gasteiger partial charge in [-0.05, 0) is 13.8 Å². The second kappa shape index (κ2) is 5.54. The fraction of sp³-hybridized carbons (Fsp3) is 0.714. The summed E-state index contributed by atoms with van der Waals surface area (Å²) in [4.78, 5) is 18.9. The summed E-state index contributed by atoms with van der Waals surface area (Å²) in [7, 11) is 0. The molecule has 0 bridgehead atoms. The summed E-state index contributed by atoms with van der Waals surface area (Å²) >= 11 is 0. The molecule has 0 unspecified atom stereocenters. The van der Waals surface area contributed by atoms with Crippen molar-refractivity contribution in [1.29, 1.82) is 0 Å². The Kier molecular flexibility index (Phi) is 6.22.